The lowest BCUT2D eigenvalue weighted by molar-refractivity contribution is 0.506. The van der Waals surface area contributed by atoms with Gasteiger partial charge in [0.15, 0.2) is 5.96 Å². The van der Waals surface area contributed by atoms with Gasteiger partial charge in [0.2, 0.25) is 0 Å². The van der Waals surface area contributed by atoms with Gasteiger partial charge in [-0.15, -0.1) is 0 Å². The molecule has 0 heterocycles. The Morgan fingerprint density at radius 1 is 1.37 bits per heavy atom. The minimum atomic E-state index is -0.143. The van der Waals surface area contributed by atoms with Gasteiger partial charge in [-0.05, 0) is 45.2 Å². The molecule has 0 unspecified atom stereocenters. The van der Waals surface area contributed by atoms with Gasteiger partial charge in [-0.3, -0.25) is 4.99 Å². The summed E-state index contributed by atoms with van der Waals surface area (Å²) in [5.41, 5.74) is 6.37. The summed E-state index contributed by atoms with van der Waals surface area (Å²) in [7, 11) is 0. The summed E-state index contributed by atoms with van der Waals surface area (Å²) in [5, 5.41) is 3.12. The van der Waals surface area contributed by atoms with Crippen molar-refractivity contribution in [1.82, 2.24) is 5.32 Å². The molecule has 19 heavy (non-hydrogen) atoms. The SMILES string of the molecule is CC(C)(C)NC(N)=NCC1(c2ccccc2F)CC1. The maximum absolute atomic E-state index is 13.8. The molecule has 0 bridgehead atoms. The van der Waals surface area contributed by atoms with Crippen LogP contribution in [-0.4, -0.2) is 18.0 Å². The van der Waals surface area contributed by atoms with Crippen molar-refractivity contribution < 1.29 is 4.39 Å². The third-order valence-electron chi connectivity index (χ3n) is 3.35. The summed E-state index contributed by atoms with van der Waals surface area (Å²) in [6, 6.07) is 6.95. The number of benzene rings is 1. The highest BCUT2D eigenvalue weighted by Gasteiger charge is 2.45. The molecule has 0 radical (unpaired) electrons. The van der Waals surface area contributed by atoms with E-state index in [1.54, 1.807) is 6.07 Å². The van der Waals surface area contributed by atoms with Crippen molar-refractivity contribution in [2.45, 2.75) is 44.6 Å². The van der Waals surface area contributed by atoms with Gasteiger partial charge >= 0.3 is 0 Å². The normalized spacial score (nSPS) is 18.2. The van der Waals surface area contributed by atoms with Crippen molar-refractivity contribution in [1.29, 1.82) is 0 Å². The molecule has 4 heteroatoms. The zero-order valence-electron chi connectivity index (χ0n) is 11.8. The molecule has 0 spiro atoms. The molecule has 104 valence electrons. The molecule has 2 rings (SSSR count). The van der Waals surface area contributed by atoms with E-state index in [9.17, 15) is 4.39 Å². The Balaban J connectivity index is 2.07. The van der Waals surface area contributed by atoms with Crippen LogP contribution in [0.15, 0.2) is 29.3 Å². The highest BCUT2D eigenvalue weighted by atomic mass is 19.1. The van der Waals surface area contributed by atoms with E-state index in [1.807, 2.05) is 32.9 Å². The zero-order chi connectivity index (χ0) is 14.1. The number of rotatable bonds is 3. The number of nitrogens with one attached hydrogen (secondary N) is 1. The van der Waals surface area contributed by atoms with Crippen LogP contribution in [0.5, 0.6) is 0 Å². The van der Waals surface area contributed by atoms with Gasteiger partial charge in [0.05, 0.1) is 6.54 Å². The summed E-state index contributed by atoms with van der Waals surface area (Å²) < 4.78 is 13.8. The van der Waals surface area contributed by atoms with Gasteiger partial charge < -0.3 is 11.1 Å². The van der Waals surface area contributed by atoms with E-state index in [1.165, 1.54) is 6.07 Å². The molecule has 1 aliphatic rings. The van der Waals surface area contributed by atoms with Crippen molar-refractivity contribution in [2.75, 3.05) is 6.54 Å². The van der Waals surface area contributed by atoms with E-state index in [4.69, 9.17) is 5.73 Å². The second-order valence-electron chi connectivity index (χ2n) is 6.34. The standard InChI is InChI=1S/C15H22FN3/c1-14(2,3)19-13(17)18-10-15(8-9-15)11-6-4-5-7-12(11)16/h4-7H,8-10H2,1-3H3,(H3,17,18,19). The fourth-order valence-corrected chi connectivity index (χ4v) is 2.22. The van der Waals surface area contributed by atoms with E-state index in [0.29, 0.717) is 12.5 Å². The summed E-state index contributed by atoms with van der Waals surface area (Å²) in [4.78, 5) is 4.38. The molecule has 0 amide bonds. The molecule has 1 saturated carbocycles. The Labute approximate surface area is 114 Å². The molecule has 0 atom stereocenters. The lowest BCUT2D eigenvalue weighted by Crippen LogP contribution is -2.45. The molecular weight excluding hydrogens is 241 g/mol. The molecule has 1 aromatic rings. The highest BCUT2D eigenvalue weighted by Crippen LogP contribution is 2.49. The Kier molecular flexibility index (Phi) is 3.52. The van der Waals surface area contributed by atoms with Crippen LogP contribution in [0.1, 0.15) is 39.2 Å². The summed E-state index contributed by atoms with van der Waals surface area (Å²) in [6.45, 7) is 6.63. The molecule has 1 aliphatic carbocycles. The number of nitrogens with zero attached hydrogens (tertiary/aromatic N) is 1. The van der Waals surface area contributed by atoms with Crippen LogP contribution in [0.25, 0.3) is 0 Å². The number of aliphatic imine (C=N–C) groups is 1. The fourth-order valence-electron chi connectivity index (χ4n) is 2.22. The van der Waals surface area contributed by atoms with Crippen LogP contribution in [0, 0.1) is 5.82 Å². The van der Waals surface area contributed by atoms with Gasteiger partial charge in [-0.2, -0.15) is 0 Å². The predicted molar refractivity (Wildman–Crippen MR) is 76.7 cm³/mol. The zero-order valence-corrected chi connectivity index (χ0v) is 11.8. The predicted octanol–water partition coefficient (Wildman–Crippen LogP) is 2.56. The lowest BCUT2D eigenvalue weighted by Gasteiger charge is -2.22. The number of nitrogens with two attached hydrogens (primary N) is 1. The Hall–Kier alpha value is -1.58. The van der Waals surface area contributed by atoms with E-state index >= 15 is 0 Å². The van der Waals surface area contributed by atoms with E-state index < -0.39 is 0 Å². The van der Waals surface area contributed by atoms with Crippen molar-refractivity contribution >= 4 is 5.96 Å². The topological polar surface area (TPSA) is 50.4 Å². The highest BCUT2D eigenvalue weighted by molar-refractivity contribution is 5.78. The van der Waals surface area contributed by atoms with Gasteiger partial charge in [0.1, 0.15) is 5.82 Å². The molecule has 1 aromatic carbocycles. The summed E-state index contributed by atoms with van der Waals surface area (Å²) in [6.07, 6.45) is 1.94. The first-order valence-corrected chi connectivity index (χ1v) is 6.66. The van der Waals surface area contributed by atoms with Crippen LogP contribution < -0.4 is 11.1 Å². The fraction of sp³-hybridized carbons (Fsp3) is 0.533. The quantitative estimate of drug-likeness (QED) is 0.650. The molecular formula is C15H22FN3. The number of hydrogen-bond donors (Lipinski definition) is 2. The first-order valence-electron chi connectivity index (χ1n) is 6.66. The van der Waals surface area contributed by atoms with Crippen LogP contribution >= 0.6 is 0 Å². The monoisotopic (exact) mass is 263 g/mol. The Bertz CT molecular complexity index is 484. The maximum Gasteiger partial charge on any atom is 0.189 e. The van der Waals surface area contributed by atoms with E-state index in [-0.39, 0.29) is 16.8 Å². The smallest absolute Gasteiger partial charge is 0.189 e. The van der Waals surface area contributed by atoms with Crippen LogP contribution in [-0.2, 0) is 5.41 Å². The van der Waals surface area contributed by atoms with Gasteiger partial charge in [0, 0.05) is 11.0 Å². The van der Waals surface area contributed by atoms with Crippen LogP contribution in [0.3, 0.4) is 0 Å². The van der Waals surface area contributed by atoms with Crippen LogP contribution in [0.4, 0.5) is 4.39 Å². The van der Waals surface area contributed by atoms with Crippen molar-refractivity contribution in [2.24, 2.45) is 10.7 Å². The van der Waals surface area contributed by atoms with Crippen molar-refractivity contribution in [3.8, 4) is 0 Å². The van der Waals surface area contributed by atoms with Crippen molar-refractivity contribution in [3.05, 3.63) is 35.6 Å². The molecule has 3 nitrogen and oxygen atoms in total. The summed E-state index contributed by atoms with van der Waals surface area (Å²) in [5.74, 6) is 0.285. The van der Waals surface area contributed by atoms with E-state index in [0.717, 1.165) is 18.4 Å². The average molecular weight is 263 g/mol. The minimum Gasteiger partial charge on any atom is -0.370 e. The third kappa shape index (κ3) is 3.46. The van der Waals surface area contributed by atoms with Gasteiger partial charge in [0.25, 0.3) is 0 Å². The van der Waals surface area contributed by atoms with Crippen LogP contribution in [0.2, 0.25) is 0 Å². The van der Waals surface area contributed by atoms with Gasteiger partial charge in [-0.1, -0.05) is 18.2 Å². The second kappa shape index (κ2) is 4.83. The Morgan fingerprint density at radius 3 is 2.53 bits per heavy atom. The molecule has 0 aliphatic heterocycles. The maximum atomic E-state index is 13.8. The lowest BCUT2D eigenvalue weighted by atomic mass is 9.95. The molecule has 1 fully saturated rings. The molecule has 3 N–H and O–H groups in total. The average Bonchev–Trinajstić information content (AvgIpc) is 3.06. The van der Waals surface area contributed by atoms with Crippen molar-refractivity contribution in [3.63, 3.8) is 0 Å². The first-order chi connectivity index (χ1) is 8.82. The minimum absolute atomic E-state index is 0.109. The number of halogens is 1. The van der Waals surface area contributed by atoms with Gasteiger partial charge in [-0.25, -0.2) is 4.39 Å². The second-order valence-corrected chi connectivity index (χ2v) is 6.34. The first kappa shape index (κ1) is 13.8. The summed E-state index contributed by atoms with van der Waals surface area (Å²) >= 11 is 0. The largest absolute Gasteiger partial charge is 0.370 e. The number of hydrogen-bond acceptors (Lipinski definition) is 1. The third-order valence-corrected chi connectivity index (χ3v) is 3.35. The van der Waals surface area contributed by atoms with E-state index in [2.05, 4.69) is 10.3 Å². The number of guanidine groups is 1. The Morgan fingerprint density at radius 2 is 2.00 bits per heavy atom. The molecule has 0 saturated heterocycles. The molecule has 0 aromatic heterocycles.